The molecule has 0 spiro atoms. The Bertz CT molecular complexity index is 1820. The summed E-state index contributed by atoms with van der Waals surface area (Å²) < 4.78 is 32.3. The normalized spacial score (nSPS) is 18.2. The van der Waals surface area contributed by atoms with Crippen molar-refractivity contribution in [3.05, 3.63) is 88.1 Å². The second kappa shape index (κ2) is 11.0. The molecular formula is C30H26ClF2N7O2. The van der Waals surface area contributed by atoms with Crippen LogP contribution >= 0.6 is 11.6 Å². The van der Waals surface area contributed by atoms with E-state index in [9.17, 15) is 19.2 Å². The molecule has 6 rings (SSSR count). The van der Waals surface area contributed by atoms with E-state index < -0.39 is 23.4 Å². The third kappa shape index (κ3) is 4.71. The topological polar surface area (TPSA) is 100 Å². The summed E-state index contributed by atoms with van der Waals surface area (Å²) in [6.07, 6.45) is 5.84. The lowest BCUT2D eigenvalue weighted by molar-refractivity contribution is -0.128. The van der Waals surface area contributed by atoms with Crippen LogP contribution in [0.2, 0.25) is 5.02 Å². The Labute approximate surface area is 244 Å². The zero-order chi connectivity index (χ0) is 29.5. The molecule has 42 heavy (non-hydrogen) atoms. The highest BCUT2D eigenvalue weighted by atomic mass is 35.5. The van der Waals surface area contributed by atoms with E-state index in [1.807, 2.05) is 11.1 Å². The predicted molar refractivity (Wildman–Crippen MR) is 154 cm³/mol. The van der Waals surface area contributed by atoms with E-state index >= 15 is 4.39 Å². The molecule has 1 saturated heterocycles. The van der Waals surface area contributed by atoms with Gasteiger partial charge in [0.05, 0.1) is 36.6 Å². The maximum absolute atomic E-state index is 15.1. The van der Waals surface area contributed by atoms with Crippen LogP contribution in [0, 0.1) is 23.0 Å². The molecule has 0 radical (unpaired) electrons. The minimum Gasteiger partial charge on any atom is -0.352 e. The number of amides is 1. The van der Waals surface area contributed by atoms with Crippen LogP contribution < -0.4 is 10.6 Å². The molecule has 0 N–H and O–H groups in total. The van der Waals surface area contributed by atoms with Crippen molar-refractivity contribution < 1.29 is 13.6 Å². The summed E-state index contributed by atoms with van der Waals surface area (Å²) >= 11 is 6.86. The number of nitriles is 1. The summed E-state index contributed by atoms with van der Waals surface area (Å²) in [7, 11) is 0. The summed E-state index contributed by atoms with van der Waals surface area (Å²) in [6.45, 7) is 4.95. The number of rotatable bonds is 6. The van der Waals surface area contributed by atoms with Gasteiger partial charge in [-0.1, -0.05) is 18.2 Å². The fourth-order valence-electron chi connectivity index (χ4n) is 6.22. The highest BCUT2D eigenvalue weighted by molar-refractivity contribution is 6.34. The van der Waals surface area contributed by atoms with Crippen molar-refractivity contribution >= 4 is 34.2 Å². The first-order valence-corrected chi connectivity index (χ1v) is 13.9. The number of nitrogens with zero attached hydrogens (tertiary/aromatic N) is 7. The van der Waals surface area contributed by atoms with Crippen LogP contribution in [0.15, 0.2) is 60.2 Å². The minimum absolute atomic E-state index is 0.0943. The molecule has 2 aromatic carbocycles. The van der Waals surface area contributed by atoms with Gasteiger partial charge in [-0.2, -0.15) is 15.3 Å². The van der Waals surface area contributed by atoms with Gasteiger partial charge in [-0.15, -0.1) is 0 Å². The molecule has 1 amide bonds. The largest absolute Gasteiger partial charge is 0.352 e. The zero-order valence-corrected chi connectivity index (χ0v) is 23.3. The maximum Gasteiger partial charge on any atom is 0.350 e. The van der Waals surface area contributed by atoms with Crippen LogP contribution in [-0.4, -0.2) is 55.8 Å². The molecule has 2 aliphatic heterocycles. The summed E-state index contributed by atoms with van der Waals surface area (Å²) in [5.41, 5.74) is 1.33. The number of carbonyl (C=O) groups is 1. The lowest BCUT2D eigenvalue weighted by Gasteiger charge is -2.41. The van der Waals surface area contributed by atoms with Gasteiger partial charge < -0.3 is 9.80 Å². The summed E-state index contributed by atoms with van der Waals surface area (Å²) in [6, 6.07) is 8.26. The molecule has 4 aromatic rings. The predicted octanol–water partition coefficient (Wildman–Crippen LogP) is 4.50. The Morgan fingerprint density at radius 2 is 2.07 bits per heavy atom. The average molecular weight is 590 g/mol. The third-order valence-corrected chi connectivity index (χ3v) is 8.36. The van der Waals surface area contributed by atoms with Crippen LogP contribution in [0.3, 0.4) is 0 Å². The van der Waals surface area contributed by atoms with Gasteiger partial charge >= 0.3 is 5.69 Å². The number of hydrogen-bond donors (Lipinski definition) is 0. The first-order chi connectivity index (χ1) is 20.3. The van der Waals surface area contributed by atoms with Crippen molar-refractivity contribution in [2.45, 2.75) is 37.9 Å². The van der Waals surface area contributed by atoms with Crippen molar-refractivity contribution in [2.75, 3.05) is 24.5 Å². The number of aromatic nitrogens is 4. The number of piperazine rings is 1. The molecule has 2 aliphatic rings. The Hall–Kier alpha value is -4.56. The van der Waals surface area contributed by atoms with Crippen LogP contribution in [0.25, 0.3) is 22.0 Å². The smallest absolute Gasteiger partial charge is 0.350 e. The van der Waals surface area contributed by atoms with Gasteiger partial charge in [0, 0.05) is 59.6 Å². The molecule has 0 aliphatic carbocycles. The van der Waals surface area contributed by atoms with Gasteiger partial charge in [-0.05, 0) is 48.7 Å². The average Bonchev–Trinajstić information content (AvgIpc) is 3.49. The second-order valence-electron chi connectivity index (χ2n) is 10.4. The van der Waals surface area contributed by atoms with Crippen LogP contribution in [-0.2, 0) is 17.8 Å². The van der Waals surface area contributed by atoms with E-state index in [2.05, 4.69) is 22.7 Å². The van der Waals surface area contributed by atoms with E-state index in [1.54, 1.807) is 32.5 Å². The minimum atomic E-state index is -0.753. The van der Waals surface area contributed by atoms with Crippen LogP contribution in [0.1, 0.15) is 24.4 Å². The van der Waals surface area contributed by atoms with Crippen molar-refractivity contribution in [1.29, 1.82) is 5.26 Å². The quantitative estimate of drug-likeness (QED) is 0.307. The van der Waals surface area contributed by atoms with Gasteiger partial charge in [0.1, 0.15) is 17.5 Å². The number of aryl methyl sites for hydroxylation is 1. The molecule has 1 unspecified atom stereocenters. The monoisotopic (exact) mass is 589 g/mol. The van der Waals surface area contributed by atoms with E-state index in [0.29, 0.717) is 60.3 Å². The van der Waals surface area contributed by atoms with Crippen molar-refractivity contribution in [1.82, 2.24) is 24.2 Å². The highest BCUT2D eigenvalue weighted by Crippen LogP contribution is 2.44. The first kappa shape index (κ1) is 27.6. The molecule has 2 atom stereocenters. The standard InChI is InChI=1S/C30H26ClF2N7O2/c1-2-26(41)39-13-12-37(16-19(39)8-9-34)29-23-15-24(31)27(21-6-4-18(32)14-25(21)33)22-7-5-20(17-38-11-3-10-35-38)40(28(22)23)30(42)36-29/h2-4,6,10-11,14-15,19-20H,1,5,7-8,12-13,16-17H2/t19-,20?/m0/s1. The number of hydrogen-bond acceptors (Lipinski definition) is 6. The molecule has 0 bridgehead atoms. The highest BCUT2D eigenvalue weighted by Gasteiger charge is 2.34. The van der Waals surface area contributed by atoms with E-state index in [0.717, 1.165) is 6.07 Å². The molecule has 12 heteroatoms. The molecule has 0 saturated carbocycles. The fourth-order valence-corrected chi connectivity index (χ4v) is 6.54. The molecular weight excluding hydrogens is 564 g/mol. The Morgan fingerprint density at radius 3 is 2.79 bits per heavy atom. The number of halogens is 3. The van der Waals surface area contributed by atoms with Gasteiger partial charge in [-0.3, -0.25) is 14.0 Å². The Balaban J connectivity index is 1.55. The lowest BCUT2D eigenvalue weighted by atomic mass is 9.89. The first-order valence-electron chi connectivity index (χ1n) is 13.6. The Kier molecular flexibility index (Phi) is 7.24. The number of benzene rings is 2. The van der Waals surface area contributed by atoms with E-state index in [1.165, 1.54) is 18.2 Å². The van der Waals surface area contributed by atoms with Crippen molar-refractivity contribution in [3.8, 4) is 17.2 Å². The lowest BCUT2D eigenvalue weighted by Crippen LogP contribution is -2.55. The van der Waals surface area contributed by atoms with E-state index in [-0.39, 0.29) is 35.5 Å². The van der Waals surface area contributed by atoms with Gasteiger partial charge in [0.15, 0.2) is 0 Å². The summed E-state index contributed by atoms with van der Waals surface area (Å²) in [4.78, 5) is 34.3. The SMILES string of the molecule is C=CC(=O)N1CCN(c2nc(=O)n3c4c(c(-c5ccc(F)cc5F)c(Cl)cc24)CCC3Cn2cccn2)C[C@@H]1CC#N. The van der Waals surface area contributed by atoms with Crippen molar-refractivity contribution in [3.63, 3.8) is 0 Å². The van der Waals surface area contributed by atoms with Crippen LogP contribution in [0.5, 0.6) is 0 Å². The zero-order valence-electron chi connectivity index (χ0n) is 22.5. The van der Waals surface area contributed by atoms with Gasteiger partial charge in [-0.25, -0.2) is 13.6 Å². The van der Waals surface area contributed by atoms with Gasteiger partial charge in [0.25, 0.3) is 0 Å². The maximum atomic E-state index is 15.1. The molecule has 1 fully saturated rings. The van der Waals surface area contributed by atoms with Crippen LogP contribution in [0.4, 0.5) is 14.6 Å². The summed E-state index contributed by atoms with van der Waals surface area (Å²) in [5.74, 6) is -1.34. The number of carbonyl (C=O) groups excluding carboxylic acids is 1. The molecule has 214 valence electrons. The second-order valence-corrected chi connectivity index (χ2v) is 10.8. The molecule has 2 aromatic heterocycles. The van der Waals surface area contributed by atoms with E-state index in [4.69, 9.17) is 11.6 Å². The third-order valence-electron chi connectivity index (χ3n) is 8.06. The molecule has 9 nitrogen and oxygen atoms in total. The number of anilines is 1. The Morgan fingerprint density at radius 1 is 1.24 bits per heavy atom. The summed E-state index contributed by atoms with van der Waals surface area (Å²) in [5, 5.41) is 14.6. The van der Waals surface area contributed by atoms with Gasteiger partial charge in [0.2, 0.25) is 5.91 Å². The van der Waals surface area contributed by atoms with Crippen molar-refractivity contribution in [2.24, 2.45) is 0 Å². The fraction of sp³-hybridized carbons (Fsp3) is 0.300. The molecule has 4 heterocycles.